The molecule has 1 unspecified atom stereocenters. The van der Waals surface area contributed by atoms with Crippen LogP contribution in [0.25, 0.3) is 0 Å². The minimum atomic E-state index is -0.233. The number of amides is 1. The van der Waals surface area contributed by atoms with Gasteiger partial charge in [-0.05, 0) is 37.3 Å². The molecule has 1 aliphatic heterocycles. The summed E-state index contributed by atoms with van der Waals surface area (Å²) in [4.78, 5) is 17.1. The normalized spacial score (nSPS) is 15.7. The second kappa shape index (κ2) is 8.56. The molecule has 0 radical (unpaired) electrons. The van der Waals surface area contributed by atoms with Gasteiger partial charge in [0.25, 0.3) is 0 Å². The molecule has 1 saturated heterocycles. The molecule has 0 aromatic heterocycles. The number of benzene rings is 2. The van der Waals surface area contributed by atoms with Crippen LogP contribution >= 0.6 is 0 Å². The van der Waals surface area contributed by atoms with Crippen molar-refractivity contribution in [2.75, 3.05) is 43.5 Å². The second-order valence-corrected chi connectivity index (χ2v) is 6.58. The molecular formula is C21H24N4O2. The molecule has 6 nitrogen and oxygen atoms in total. The smallest absolute Gasteiger partial charge is 0.241 e. The summed E-state index contributed by atoms with van der Waals surface area (Å²) in [5.74, 6) is 0.794. The molecule has 0 bridgehead atoms. The fraction of sp³-hybridized carbons (Fsp3) is 0.333. The van der Waals surface area contributed by atoms with Gasteiger partial charge in [0, 0.05) is 43.6 Å². The topological polar surface area (TPSA) is 68.6 Å². The molecule has 140 valence electrons. The summed E-state index contributed by atoms with van der Waals surface area (Å²) in [6.45, 7) is 5.25. The van der Waals surface area contributed by atoms with E-state index in [1.54, 1.807) is 31.4 Å². The van der Waals surface area contributed by atoms with Crippen LogP contribution in [-0.2, 0) is 4.79 Å². The molecule has 1 N–H and O–H groups in total. The molecule has 2 aromatic carbocycles. The summed E-state index contributed by atoms with van der Waals surface area (Å²) in [5, 5.41) is 11.9. The van der Waals surface area contributed by atoms with E-state index in [0.29, 0.717) is 11.3 Å². The second-order valence-electron chi connectivity index (χ2n) is 6.58. The molecule has 2 aromatic rings. The number of hydrogen-bond acceptors (Lipinski definition) is 5. The first kappa shape index (κ1) is 18.7. The van der Waals surface area contributed by atoms with Gasteiger partial charge in [0.05, 0.1) is 24.8 Å². The minimum absolute atomic E-state index is 0.0556. The van der Waals surface area contributed by atoms with Crippen molar-refractivity contribution in [2.24, 2.45) is 0 Å². The average Bonchev–Trinajstić information content (AvgIpc) is 2.73. The first-order valence-electron chi connectivity index (χ1n) is 9.05. The molecule has 3 rings (SSSR count). The Kier molecular flexibility index (Phi) is 5.94. The van der Waals surface area contributed by atoms with Crippen LogP contribution in [0.2, 0.25) is 0 Å². The summed E-state index contributed by atoms with van der Waals surface area (Å²) in [6.07, 6.45) is 0. The van der Waals surface area contributed by atoms with Gasteiger partial charge in [0.15, 0.2) is 0 Å². The Balaban J connectivity index is 1.56. The van der Waals surface area contributed by atoms with E-state index in [1.807, 2.05) is 25.1 Å². The van der Waals surface area contributed by atoms with Crippen LogP contribution in [0.4, 0.5) is 11.4 Å². The molecule has 1 fully saturated rings. The van der Waals surface area contributed by atoms with Crippen molar-refractivity contribution in [3.63, 3.8) is 0 Å². The Bertz CT molecular complexity index is 838. The molecule has 1 aliphatic rings. The fourth-order valence-corrected chi connectivity index (χ4v) is 3.25. The van der Waals surface area contributed by atoms with Crippen LogP contribution in [-0.4, -0.2) is 50.1 Å². The Hall–Kier alpha value is -3.04. The number of piperazine rings is 1. The lowest BCUT2D eigenvalue weighted by Gasteiger charge is -2.38. The third-order valence-electron chi connectivity index (χ3n) is 4.92. The van der Waals surface area contributed by atoms with E-state index >= 15 is 0 Å². The number of anilines is 2. The number of carbonyl (C=O) groups excluding carboxylic acids is 1. The highest BCUT2D eigenvalue weighted by Gasteiger charge is 2.26. The van der Waals surface area contributed by atoms with Crippen molar-refractivity contribution in [3.05, 3.63) is 54.1 Å². The Morgan fingerprint density at radius 3 is 2.59 bits per heavy atom. The van der Waals surface area contributed by atoms with E-state index in [1.165, 1.54) is 0 Å². The highest BCUT2D eigenvalue weighted by molar-refractivity contribution is 5.94. The van der Waals surface area contributed by atoms with Gasteiger partial charge in [-0.15, -0.1) is 0 Å². The molecule has 1 heterocycles. The molecule has 0 spiro atoms. The van der Waals surface area contributed by atoms with E-state index in [-0.39, 0.29) is 11.9 Å². The first-order valence-corrected chi connectivity index (χ1v) is 9.05. The zero-order valence-corrected chi connectivity index (χ0v) is 15.7. The fourth-order valence-electron chi connectivity index (χ4n) is 3.25. The van der Waals surface area contributed by atoms with E-state index in [4.69, 9.17) is 10.00 Å². The minimum Gasteiger partial charge on any atom is -0.497 e. The summed E-state index contributed by atoms with van der Waals surface area (Å²) >= 11 is 0. The largest absolute Gasteiger partial charge is 0.497 e. The van der Waals surface area contributed by atoms with Crippen molar-refractivity contribution in [1.29, 1.82) is 5.26 Å². The lowest BCUT2D eigenvalue weighted by atomic mass is 10.1. The number of nitrogens with zero attached hydrogens (tertiary/aromatic N) is 3. The number of nitrogens with one attached hydrogen (secondary N) is 1. The maximum atomic E-state index is 12.6. The van der Waals surface area contributed by atoms with Gasteiger partial charge in [-0.1, -0.05) is 12.1 Å². The van der Waals surface area contributed by atoms with Gasteiger partial charge in [0.1, 0.15) is 5.75 Å². The van der Waals surface area contributed by atoms with Gasteiger partial charge in [-0.3, -0.25) is 9.69 Å². The van der Waals surface area contributed by atoms with E-state index < -0.39 is 0 Å². The average molecular weight is 364 g/mol. The number of nitriles is 1. The predicted octanol–water partition coefficient (Wildman–Crippen LogP) is 2.72. The highest BCUT2D eigenvalue weighted by atomic mass is 16.5. The van der Waals surface area contributed by atoms with Crippen molar-refractivity contribution < 1.29 is 9.53 Å². The number of carbonyl (C=O) groups is 1. The SMILES string of the molecule is COc1cccc(N2CCN(C(C)C(=O)Nc3cccc(C#N)c3)CC2)c1. The number of rotatable bonds is 5. The Labute approximate surface area is 160 Å². The van der Waals surface area contributed by atoms with Gasteiger partial charge >= 0.3 is 0 Å². The van der Waals surface area contributed by atoms with Crippen LogP contribution < -0.4 is 15.0 Å². The third kappa shape index (κ3) is 4.57. The number of methoxy groups -OCH3 is 1. The molecule has 27 heavy (non-hydrogen) atoms. The number of ether oxygens (including phenoxy) is 1. The maximum absolute atomic E-state index is 12.6. The molecule has 0 saturated carbocycles. The van der Waals surface area contributed by atoms with Gasteiger partial charge < -0.3 is 15.0 Å². The van der Waals surface area contributed by atoms with E-state index in [0.717, 1.165) is 37.6 Å². The van der Waals surface area contributed by atoms with Gasteiger partial charge in [-0.25, -0.2) is 0 Å². The van der Waals surface area contributed by atoms with Crippen LogP contribution in [0.5, 0.6) is 5.75 Å². The Morgan fingerprint density at radius 1 is 1.15 bits per heavy atom. The summed E-state index contributed by atoms with van der Waals surface area (Å²) in [6, 6.07) is 16.9. The quantitative estimate of drug-likeness (QED) is 0.883. The lowest BCUT2D eigenvalue weighted by molar-refractivity contribution is -0.120. The van der Waals surface area contributed by atoms with Crippen LogP contribution in [0.15, 0.2) is 48.5 Å². The molecule has 1 atom stereocenters. The van der Waals surface area contributed by atoms with Gasteiger partial charge in [-0.2, -0.15) is 5.26 Å². The van der Waals surface area contributed by atoms with Crippen LogP contribution in [0.3, 0.4) is 0 Å². The summed E-state index contributed by atoms with van der Waals surface area (Å²) in [7, 11) is 1.67. The molecular weight excluding hydrogens is 340 g/mol. The van der Waals surface area contributed by atoms with Crippen molar-refractivity contribution in [3.8, 4) is 11.8 Å². The highest BCUT2D eigenvalue weighted by Crippen LogP contribution is 2.22. The third-order valence-corrected chi connectivity index (χ3v) is 4.92. The van der Waals surface area contributed by atoms with Crippen molar-refractivity contribution in [2.45, 2.75) is 13.0 Å². The van der Waals surface area contributed by atoms with E-state index in [9.17, 15) is 4.79 Å². The van der Waals surface area contributed by atoms with E-state index in [2.05, 4.69) is 27.3 Å². The zero-order chi connectivity index (χ0) is 19.2. The molecule has 0 aliphatic carbocycles. The standard InChI is InChI=1S/C21H24N4O2/c1-16(21(26)23-18-6-3-5-17(13-18)15-22)24-9-11-25(12-10-24)19-7-4-8-20(14-19)27-2/h3-8,13-14,16H,9-12H2,1-2H3,(H,23,26). The molecule has 6 heteroatoms. The maximum Gasteiger partial charge on any atom is 0.241 e. The van der Waals surface area contributed by atoms with Crippen molar-refractivity contribution >= 4 is 17.3 Å². The van der Waals surface area contributed by atoms with Crippen LogP contribution in [0, 0.1) is 11.3 Å². The first-order chi connectivity index (χ1) is 13.1. The Morgan fingerprint density at radius 2 is 1.89 bits per heavy atom. The zero-order valence-electron chi connectivity index (χ0n) is 15.7. The monoisotopic (exact) mass is 364 g/mol. The van der Waals surface area contributed by atoms with Crippen LogP contribution in [0.1, 0.15) is 12.5 Å². The predicted molar refractivity (Wildman–Crippen MR) is 106 cm³/mol. The lowest BCUT2D eigenvalue weighted by Crippen LogP contribution is -2.52. The summed E-state index contributed by atoms with van der Waals surface area (Å²) in [5.41, 5.74) is 2.33. The number of hydrogen-bond donors (Lipinski definition) is 1. The summed E-state index contributed by atoms with van der Waals surface area (Å²) < 4.78 is 5.30. The molecule has 1 amide bonds. The van der Waals surface area contributed by atoms with Gasteiger partial charge in [0.2, 0.25) is 5.91 Å². The van der Waals surface area contributed by atoms with Crippen molar-refractivity contribution in [1.82, 2.24) is 4.90 Å².